The number of ether oxygens (including phenoxy) is 1. The lowest BCUT2D eigenvalue weighted by molar-refractivity contribution is -0.156. The summed E-state index contributed by atoms with van der Waals surface area (Å²) < 4.78 is 5.26. The maximum Gasteiger partial charge on any atom is 0.313 e. The first-order valence-electron chi connectivity index (χ1n) is 6.04. The van der Waals surface area contributed by atoms with Gasteiger partial charge in [0.15, 0.2) is 0 Å². The van der Waals surface area contributed by atoms with Crippen LogP contribution in [0.5, 0.6) is 0 Å². The first kappa shape index (κ1) is 14.4. The Morgan fingerprint density at radius 2 is 1.80 bits per heavy atom. The summed E-state index contributed by atoms with van der Waals surface area (Å²) in [7, 11) is 0. The van der Waals surface area contributed by atoms with Crippen LogP contribution in [0.4, 0.5) is 0 Å². The molecule has 3 nitrogen and oxygen atoms in total. The second-order valence-corrected chi connectivity index (χ2v) is 4.03. The summed E-state index contributed by atoms with van der Waals surface area (Å²) in [6, 6.07) is 0. The van der Waals surface area contributed by atoms with Crippen LogP contribution in [-0.4, -0.2) is 19.1 Å². The molecule has 0 rings (SSSR count). The predicted octanol–water partition coefficient (Wildman–Crippen LogP) is 2.48. The fourth-order valence-corrected chi connectivity index (χ4v) is 1.58. The molecule has 0 radical (unpaired) electrons. The van der Waals surface area contributed by atoms with E-state index in [0.717, 1.165) is 32.1 Å². The Kier molecular flexibility index (Phi) is 7.39. The van der Waals surface area contributed by atoms with Crippen LogP contribution in [0, 0.1) is 5.41 Å². The zero-order valence-electron chi connectivity index (χ0n) is 10.3. The van der Waals surface area contributed by atoms with E-state index in [-0.39, 0.29) is 5.97 Å². The largest absolute Gasteiger partial charge is 0.465 e. The van der Waals surface area contributed by atoms with Crippen molar-refractivity contribution in [1.29, 1.82) is 0 Å². The molecule has 0 aromatic heterocycles. The summed E-state index contributed by atoms with van der Waals surface area (Å²) >= 11 is 0. The monoisotopic (exact) mass is 215 g/mol. The van der Waals surface area contributed by atoms with Crippen molar-refractivity contribution < 1.29 is 9.53 Å². The molecule has 0 aromatic rings. The van der Waals surface area contributed by atoms with Crippen LogP contribution in [-0.2, 0) is 9.53 Å². The van der Waals surface area contributed by atoms with Crippen LogP contribution in [0.1, 0.15) is 52.9 Å². The lowest BCUT2D eigenvalue weighted by atomic mass is 9.82. The third-order valence-corrected chi connectivity index (χ3v) is 3.16. The molecule has 0 spiro atoms. The summed E-state index contributed by atoms with van der Waals surface area (Å²) in [5, 5.41) is 0. The Morgan fingerprint density at radius 1 is 1.20 bits per heavy atom. The smallest absolute Gasteiger partial charge is 0.313 e. The second kappa shape index (κ2) is 7.69. The van der Waals surface area contributed by atoms with Crippen molar-refractivity contribution in [2.75, 3.05) is 13.2 Å². The van der Waals surface area contributed by atoms with Crippen LogP contribution in [0.2, 0.25) is 0 Å². The normalized spacial score (nSPS) is 11.5. The number of carbonyl (C=O) groups is 1. The number of carbonyl (C=O) groups excluding carboxylic acids is 1. The van der Waals surface area contributed by atoms with Crippen molar-refractivity contribution in [3.8, 4) is 0 Å². The summed E-state index contributed by atoms with van der Waals surface area (Å²) in [6.45, 7) is 7.03. The minimum absolute atomic E-state index is 0.119. The van der Waals surface area contributed by atoms with Crippen molar-refractivity contribution in [3.05, 3.63) is 0 Å². The van der Waals surface area contributed by atoms with Gasteiger partial charge in [0.25, 0.3) is 0 Å². The van der Waals surface area contributed by atoms with E-state index >= 15 is 0 Å². The van der Waals surface area contributed by atoms with Crippen LogP contribution in [0.25, 0.3) is 0 Å². The number of hydrogen-bond donors (Lipinski definition) is 1. The van der Waals surface area contributed by atoms with Gasteiger partial charge in [-0.15, -0.1) is 0 Å². The van der Waals surface area contributed by atoms with Crippen LogP contribution in [0.15, 0.2) is 0 Å². The third-order valence-electron chi connectivity index (χ3n) is 3.16. The fraction of sp³-hybridized carbons (Fsp3) is 0.917. The molecule has 0 aromatic carbocycles. The molecule has 0 amide bonds. The van der Waals surface area contributed by atoms with Crippen molar-refractivity contribution in [2.24, 2.45) is 11.1 Å². The highest BCUT2D eigenvalue weighted by Gasteiger charge is 2.34. The van der Waals surface area contributed by atoms with Crippen LogP contribution >= 0.6 is 0 Å². The van der Waals surface area contributed by atoms with Gasteiger partial charge in [0.1, 0.15) is 0 Å². The van der Waals surface area contributed by atoms with Crippen molar-refractivity contribution >= 4 is 5.97 Å². The Balaban J connectivity index is 4.04. The van der Waals surface area contributed by atoms with Gasteiger partial charge in [-0.3, -0.25) is 4.79 Å². The van der Waals surface area contributed by atoms with Gasteiger partial charge < -0.3 is 10.5 Å². The van der Waals surface area contributed by atoms with Gasteiger partial charge in [0.2, 0.25) is 0 Å². The van der Waals surface area contributed by atoms with Gasteiger partial charge in [-0.2, -0.15) is 0 Å². The maximum absolute atomic E-state index is 11.8. The molecule has 2 N–H and O–H groups in total. The Hall–Kier alpha value is -0.570. The number of esters is 1. The molecule has 3 heteroatoms. The highest BCUT2D eigenvalue weighted by molar-refractivity contribution is 5.77. The van der Waals surface area contributed by atoms with Crippen molar-refractivity contribution in [3.63, 3.8) is 0 Å². The van der Waals surface area contributed by atoms with Crippen molar-refractivity contribution in [1.82, 2.24) is 0 Å². The number of hydrogen-bond acceptors (Lipinski definition) is 3. The Labute approximate surface area is 93.4 Å². The zero-order chi connectivity index (χ0) is 11.7. The molecule has 0 aliphatic heterocycles. The summed E-state index contributed by atoms with van der Waals surface area (Å²) in [4.78, 5) is 11.8. The van der Waals surface area contributed by atoms with E-state index in [2.05, 4.69) is 6.92 Å². The van der Waals surface area contributed by atoms with E-state index in [1.807, 2.05) is 13.8 Å². The number of unbranched alkanes of at least 4 members (excludes halogenated alkanes) is 2. The molecule has 0 heterocycles. The lowest BCUT2D eigenvalue weighted by Gasteiger charge is -2.27. The van der Waals surface area contributed by atoms with Gasteiger partial charge in [0.05, 0.1) is 12.0 Å². The summed E-state index contributed by atoms with van der Waals surface area (Å²) in [6.07, 6.45) is 4.72. The van der Waals surface area contributed by atoms with Crippen molar-refractivity contribution in [2.45, 2.75) is 52.9 Å². The maximum atomic E-state index is 11.8. The first-order valence-corrected chi connectivity index (χ1v) is 6.04. The molecule has 0 atom stereocenters. The Morgan fingerprint density at radius 3 is 2.20 bits per heavy atom. The molecule has 15 heavy (non-hydrogen) atoms. The van der Waals surface area contributed by atoms with Crippen LogP contribution in [0.3, 0.4) is 0 Å². The average Bonchev–Trinajstić information content (AvgIpc) is 2.28. The quantitative estimate of drug-likeness (QED) is 0.500. The van der Waals surface area contributed by atoms with E-state index in [9.17, 15) is 4.79 Å². The topological polar surface area (TPSA) is 52.3 Å². The van der Waals surface area contributed by atoms with Gasteiger partial charge in [-0.25, -0.2) is 0 Å². The highest BCUT2D eigenvalue weighted by Crippen LogP contribution is 2.26. The molecule has 90 valence electrons. The molecule has 0 unspecified atom stereocenters. The molecular weight excluding hydrogens is 190 g/mol. The zero-order valence-corrected chi connectivity index (χ0v) is 10.3. The number of rotatable bonds is 8. The minimum atomic E-state index is -0.452. The number of nitrogens with two attached hydrogens (primary N) is 1. The third kappa shape index (κ3) is 4.20. The second-order valence-electron chi connectivity index (χ2n) is 4.03. The van der Waals surface area contributed by atoms with Gasteiger partial charge in [-0.05, 0) is 19.3 Å². The molecule has 0 saturated carbocycles. The van der Waals surface area contributed by atoms with E-state index < -0.39 is 5.41 Å². The minimum Gasteiger partial charge on any atom is -0.465 e. The standard InChI is InChI=1S/C12H25NO2/c1-4-7-8-9-15-11(14)12(5-2,6-3)10-13/h4-10,13H2,1-3H3. The molecule has 0 fully saturated rings. The summed E-state index contributed by atoms with van der Waals surface area (Å²) in [5.41, 5.74) is 5.21. The van der Waals surface area contributed by atoms with E-state index in [1.54, 1.807) is 0 Å². The van der Waals surface area contributed by atoms with E-state index in [1.165, 1.54) is 0 Å². The van der Waals surface area contributed by atoms with Gasteiger partial charge in [-0.1, -0.05) is 33.6 Å². The predicted molar refractivity (Wildman–Crippen MR) is 62.6 cm³/mol. The molecular formula is C12H25NO2. The average molecular weight is 215 g/mol. The first-order chi connectivity index (χ1) is 7.16. The highest BCUT2D eigenvalue weighted by atomic mass is 16.5. The summed E-state index contributed by atoms with van der Waals surface area (Å²) in [5.74, 6) is -0.119. The van der Waals surface area contributed by atoms with Gasteiger partial charge >= 0.3 is 5.97 Å². The molecule has 0 aliphatic rings. The fourth-order valence-electron chi connectivity index (χ4n) is 1.58. The van der Waals surface area contributed by atoms with E-state index in [4.69, 9.17) is 10.5 Å². The van der Waals surface area contributed by atoms with Gasteiger partial charge in [0, 0.05) is 6.54 Å². The van der Waals surface area contributed by atoms with Crippen LogP contribution < -0.4 is 5.73 Å². The Bertz CT molecular complexity index is 168. The lowest BCUT2D eigenvalue weighted by Crippen LogP contribution is -2.39. The molecule has 0 aliphatic carbocycles. The molecule has 0 bridgehead atoms. The van der Waals surface area contributed by atoms with E-state index in [0.29, 0.717) is 13.2 Å². The molecule has 0 saturated heterocycles. The SMILES string of the molecule is CCCCCOC(=O)C(CC)(CC)CN.